The first-order valence-corrected chi connectivity index (χ1v) is 8.41. The molecular weight excluding hydrogens is 358 g/mol. The molecule has 0 radical (unpaired) electrons. The third-order valence-corrected chi connectivity index (χ3v) is 4.32. The number of para-hydroxylation sites is 2. The molecule has 0 aromatic heterocycles. The number of nitro groups is 1. The zero-order valence-electron chi connectivity index (χ0n) is 15.0. The average Bonchev–Trinajstić information content (AvgIpc) is 2.67. The smallest absolute Gasteiger partial charge is 0.413 e. The minimum atomic E-state index is -1.13. The van der Waals surface area contributed by atoms with Crippen LogP contribution in [0.2, 0.25) is 0 Å². The van der Waals surface area contributed by atoms with Crippen LogP contribution < -0.4 is 10.2 Å². The quantitative estimate of drug-likeness (QED) is 0.464. The monoisotopic (exact) mass is 379 g/mol. The predicted molar refractivity (Wildman–Crippen MR) is 94.1 cm³/mol. The van der Waals surface area contributed by atoms with Crippen molar-refractivity contribution in [1.82, 2.24) is 5.32 Å². The van der Waals surface area contributed by atoms with Gasteiger partial charge < -0.3 is 14.4 Å². The normalized spacial score (nSPS) is 15.6. The van der Waals surface area contributed by atoms with E-state index in [-0.39, 0.29) is 5.69 Å². The maximum absolute atomic E-state index is 12.2. The van der Waals surface area contributed by atoms with E-state index in [4.69, 9.17) is 4.74 Å². The molecule has 2 rings (SSSR count). The molecule has 10 nitrogen and oxygen atoms in total. The Morgan fingerprint density at radius 3 is 2.48 bits per heavy atom. The zero-order chi connectivity index (χ0) is 20.0. The highest BCUT2D eigenvalue weighted by Crippen LogP contribution is 2.31. The van der Waals surface area contributed by atoms with E-state index < -0.39 is 34.9 Å². The van der Waals surface area contributed by atoms with Crippen molar-refractivity contribution in [3.05, 3.63) is 34.4 Å². The van der Waals surface area contributed by atoms with Gasteiger partial charge in [0.25, 0.3) is 11.6 Å². The molecule has 1 aromatic carbocycles. The number of imide groups is 1. The van der Waals surface area contributed by atoms with Crippen molar-refractivity contribution in [2.75, 3.05) is 25.1 Å². The van der Waals surface area contributed by atoms with Crippen molar-refractivity contribution in [3.63, 3.8) is 0 Å². The molecule has 1 saturated heterocycles. The van der Waals surface area contributed by atoms with Crippen LogP contribution in [0.25, 0.3) is 0 Å². The van der Waals surface area contributed by atoms with Gasteiger partial charge in [-0.3, -0.25) is 25.0 Å². The summed E-state index contributed by atoms with van der Waals surface area (Å²) in [5.41, 5.74) is 0.534. The minimum Gasteiger partial charge on any atom is -0.453 e. The van der Waals surface area contributed by atoms with Gasteiger partial charge in [0.2, 0.25) is 0 Å². The Labute approximate surface area is 155 Å². The van der Waals surface area contributed by atoms with E-state index in [9.17, 15) is 24.5 Å². The molecule has 1 aliphatic heterocycles. The summed E-state index contributed by atoms with van der Waals surface area (Å²) in [7, 11) is 1.12. The number of anilines is 1. The Hall–Kier alpha value is -3.17. The molecule has 27 heavy (non-hydrogen) atoms. The maximum atomic E-state index is 12.2. The molecule has 0 bridgehead atoms. The van der Waals surface area contributed by atoms with Gasteiger partial charge in [-0.2, -0.15) is 0 Å². The first-order valence-electron chi connectivity index (χ1n) is 8.41. The number of ether oxygens (including phenoxy) is 2. The highest BCUT2D eigenvalue weighted by molar-refractivity contribution is 5.95. The number of hydrogen-bond acceptors (Lipinski definition) is 8. The van der Waals surface area contributed by atoms with E-state index >= 15 is 0 Å². The van der Waals surface area contributed by atoms with Crippen LogP contribution in [0.4, 0.5) is 16.2 Å². The molecule has 1 atom stereocenters. The largest absolute Gasteiger partial charge is 0.453 e. The lowest BCUT2D eigenvalue weighted by Gasteiger charge is -2.32. The number of methoxy groups -OCH3 is 1. The van der Waals surface area contributed by atoms with Crippen molar-refractivity contribution in [3.8, 4) is 0 Å². The first-order chi connectivity index (χ1) is 12.8. The number of nitrogens with one attached hydrogen (secondary N) is 1. The molecule has 0 spiro atoms. The summed E-state index contributed by atoms with van der Waals surface area (Å²) in [6.07, 6.45) is -1.18. The topological polar surface area (TPSA) is 128 Å². The van der Waals surface area contributed by atoms with E-state index in [0.717, 1.165) is 7.11 Å². The van der Waals surface area contributed by atoms with E-state index in [0.29, 0.717) is 31.6 Å². The molecule has 1 heterocycles. The lowest BCUT2D eigenvalue weighted by Crippen LogP contribution is -2.42. The van der Waals surface area contributed by atoms with Crippen molar-refractivity contribution < 1.29 is 28.8 Å². The number of piperidine rings is 1. The zero-order valence-corrected chi connectivity index (χ0v) is 15.0. The third-order valence-electron chi connectivity index (χ3n) is 4.32. The van der Waals surface area contributed by atoms with Crippen LogP contribution in [0.15, 0.2) is 24.3 Å². The second kappa shape index (κ2) is 8.97. The maximum Gasteiger partial charge on any atom is 0.413 e. The van der Waals surface area contributed by atoms with Crippen LogP contribution in [0.5, 0.6) is 0 Å². The fraction of sp³-hybridized carbons (Fsp3) is 0.471. The molecule has 0 aliphatic carbocycles. The molecule has 2 amide bonds. The molecule has 1 fully saturated rings. The van der Waals surface area contributed by atoms with Crippen molar-refractivity contribution in [2.45, 2.75) is 25.9 Å². The van der Waals surface area contributed by atoms with Gasteiger partial charge in [0.1, 0.15) is 5.69 Å². The van der Waals surface area contributed by atoms with Gasteiger partial charge in [0, 0.05) is 19.2 Å². The number of nitrogens with zero attached hydrogens (tertiary/aromatic N) is 2. The Bertz CT molecular complexity index is 729. The fourth-order valence-electron chi connectivity index (χ4n) is 2.82. The molecule has 1 N–H and O–H groups in total. The number of carbonyl (C=O) groups is 3. The molecule has 0 unspecified atom stereocenters. The summed E-state index contributed by atoms with van der Waals surface area (Å²) >= 11 is 0. The average molecular weight is 379 g/mol. The number of benzene rings is 1. The summed E-state index contributed by atoms with van der Waals surface area (Å²) in [5, 5.41) is 13.1. The molecule has 1 aromatic rings. The van der Waals surface area contributed by atoms with Gasteiger partial charge in [0.15, 0.2) is 6.10 Å². The summed E-state index contributed by atoms with van der Waals surface area (Å²) in [6, 6.07) is 6.45. The van der Waals surface area contributed by atoms with E-state index in [2.05, 4.69) is 4.74 Å². The molecule has 146 valence electrons. The Balaban J connectivity index is 1.90. The van der Waals surface area contributed by atoms with Gasteiger partial charge in [-0.05, 0) is 25.8 Å². The van der Waals surface area contributed by atoms with Crippen LogP contribution >= 0.6 is 0 Å². The van der Waals surface area contributed by atoms with Crippen molar-refractivity contribution >= 4 is 29.3 Å². The number of hydrogen-bond donors (Lipinski definition) is 1. The first kappa shape index (κ1) is 20.1. The SMILES string of the molecule is COC(=O)NC(=O)[C@H](C)OC(=O)C1CCN(c2ccccc2[N+](=O)[O-])CC1. The van der Waals surface area contributed by atoms with Gasteiger partial charge in [-0.1, -0.05) is 12.1 Å². The summed E-state index contributed by atoms with van der Waals surface area (Å²) in [6.45, 7) is 2.26. The van der Waals surface area contributed by atoms with Gasteiger partial charge >= 0.3 is 12.1 Å². The van der Waals surface area contributed by atoms with Gasteiger partial charge in [-0.25, -0.2) is 4.79 Å². The minimum absolute atomic E-state index is 0.0200. The second-order valence-corrected chi connectivity index (χ2v) is 6.07. The number of amides is 2. The standard InChI is InChI=1S/C17H21N3O7/c1-11(15(21)18-17(23)26-2)27-16(22)12-7-9-19(10-8-12)13-5-3-4-6-14(13)20(24)25/h3-6,11-12H,7-10H2,1-2H3,(H,18,21,23)/t11-/m0/s1. The van der Waals surface area contributed by atoms with Crippen LogP contribution in [0.1, 0.15) is 19.8 Å². The Kier molecular flexibility index (Phi) is 6.69. The highest BCUT2D eigenvalue weighted by atomic mass is 16.6. The summed E-state index contributed by atoms with van der Waals surface area (Å²) < 4.78 is 9.42. The molecule has 10 heteroatoms. The van der Waals surface area contributed by atoms with E-state index in [1.165, 1.54) is 13.0 Å². The van der Waals surface area contributed by atoms with Crippen molar-refractivity contribution in [2.24, 2.45) is 5.92 Å². The van der Waals surface area contributed by atoms with E-state index in [1.807, 2.05) is 10.2 Å². The Morgan fingerprint density at radius 2 is 1.89 bits per heavy atom. The van der Waals surface area contributed by atoms with Gasteiger partial charge in [0.05, 0.1) is 18.0 Å². The van der Waals surface area contributed by atoms with Crippen LogP contribution in [-0.2, 0) is 19.1 Å². The van der Waals surface area contributed by atoms with Gasteiger partial charge in [-0.15, -0.1) is 0 Å². The van der Waals surface area contributed by atoms with Crippen LogP contribution in [-0.4, -0.2) is 49.2 Å². The third kappa shape index (κ3) is 5.16. The lowest BCUT2D eigenvalue weighted by molar-refractivity contribution is -0.384. The van der Waals surface area contributed by atoms with E-state index in [1.54, 1.807) is 18.2 Å². The predicted octanol–water partition coefficient (Wildman–Crippen LogP) is 1.63. The highest BCUT2D eigenvalue weighted by Gasteiger charge is 2.31. The molecule has 0 saturated carbocycles. The number of carbonyl (C=O) groups excluding carboxylic acids is 3. The number of esters is 1. The number of rotatable bonds is 5. The van der Waals surface area contributed by atoms with Crippen LogP contribution in [0, 0.1) is 16.0 Å². The second-order valence-electron chi connectivity index (χ2n) is 6.07. The summed E-state index contributed by atoms with van der Waals surface area (Å²) in [5.74, 6) is -1.73. The summed E-state index contributed by atoms with van der Waals surface area (Å²) in [4.78, 5) is 47.5. The number of nitro benzene ring substituents is 1. The number of alkyl carbamates (subject to hydrolysis) is 1. The Morgan fingerprint density at radius 1 is 1.26 bits per heavy atom. The fourth-order valence-corrected chi connectivity index (χ4v) is 2.82. The lowest BCUT2D eigenvalue weighted by atomic mass is 9.96. The van der Waals surface area contributed by atoms with Crippen molar-refractivity contribution in [1.29, 1.82) is 0 Å². The van der Waals surface area contributed by atoms with Crippen LogP contribution in [0.3, 0.4) is 0 Å². The molecular formula is C17H21N3O7. The molecule has 1 aliphatic rings.